The minimum Gasteiger partial charge on any atom is -0.457 e. The van der Waals surface area contributed by atoms with Crippen molar-refractivity contribution < 1.29 is 23.5 Å². The number of hydrogen-bond donors (Lipinski definition) is 0. The van der Waals surface area contributed by atoms with Crippen LogP contribution in [-0.2, 0) is 9.59 Å². The van der Waals surface area contributed by atoms with Crippen LogP contribution in [0.25, 0.3) is 0 Å². The number of anilines is 1. The topological polar surface area (TPSA) is 76.8 Å². The second-order valence-corrected chi connectivity index (χ2v) is 6.50. The molecule has 2 aliphatic rings. The van der Waals surface area contributed by atoms with E-state index in [1.165, 1.54) is 12.3 Å². The molecule has 0 spiro atoms. The summed E-state index contributed by atoms with van der Waals surface area (Å²) in [5.41, 5.74) is 0.281. The molecule has 6 nitrogen and oxygen atoms in total. The molecule has 132 valence electrons. The van der Waals surface area contributed by atoms with Crippen LogP contribution < -0.4 is 9.64 Å². The molecule has 1 aliphatic carbocycles. The maximum absolute atomic E-state index is 12.9. The van der Waals surface area contributed by atoms with Gasteiger partial charge in [0.1, 0.15) is 0 Å². The molecule has 1 fully saturated rings. The molecule has 2 heterocycles. The molecule has 1 saturated heterocycles. The number of para-hydroxylation sites is 2. The van der Waals surface area contributed by atoms with Crippen LogP contribution in [0.5, 0.6) is 5.75 Å². The van der Waals surface area contributed by atoms with Crippen LogP contribution in [0.3, 0.4) is 0 Å². The standard InChI is InChI=1S/C20H17NO5/c1-12-6-4-7-13-17(12)19(23)21(18(13)22)14-8-2-3-9-15(14)26-20(24)16-10-5-11-25-16/h2-6,8-13,17H,7H2,1H3/t12-,13-,17+/m1/s1. The molecule has 26 heavy (non-hydrogen) atoms. The molecule has 3 atom stereocenters. The molecule has 1 aromatic carbocycles. The fourth-order valence-corrected chi connectivity index (χ4v) is 3.66. The van der Waals surface area contributed by atoms with Crippen molar-refractivity contribution in [1.29, 1.82) is 0 Å². The van der Waals surface area contributed by atoms with Gasteiger partial charge in [-0.3, -0.25) is 9.59 Å². The summed E-state index contributed by atoms with van der Waals surface area (Å²) in [5.74, 6) is -1.74. The summed E-state index contributed by atoms with van der Waals surface area (Å²) < 4.78 is 10.4. The van der Waals surface area contributed by atoms with Gasteiger partial charge < -0.3 is 9.15 Å². The number of rotatable bonds is 3. The molecule has 2 aromatic rings. The Balaban J connectivity index is 1.67. The van der Waals surface area contributed by atoms with Crippen LogP contribution >= 0.6 is 0 Å². The van der Waals surface area contributed by atoms with E-state index in [1.807, 2.05) is 19.1 Å². The second kappa shape index (κ2) is 6.29. The van der Waals surface area contributed by atoms with Crippen molar-refractivity contribution >= 4 is 23.5 Å². The average molecular weight is 351 g/mol. The Morgan fingerprint density at radius 1 is 1.15 bits per heavy atom. The maximum atomic E-state index is 12.9. The Labute approximate surface area is 150 Å². The van der Waals surface area contributed by atoms with Crippen molar-refractivity contribution in [2.45, 2.75) is 13.3 Å². The number of imide groups is 1. The van der Waals surface area contributed by atoms with Gasteiger partial charge in [0.2, 0.25) is 17.6 Å². The highest BCUT2D eigenvalue weighted by molar-refractivity contribution is 6.23. The number of furan rings is 1. The zero-order chi connectivity index (χ0) is 18.3. The number of carbonyl (C=O) groups is 3. The Kier molecular flexibility index (Phi) is 3.95. The number of benzene rings is 1. The van der Waals surface area contributed by atoms with Gasteiger partial charge in [-0.1, -0.05) is 31.2 Å². The van der Waals surface area contributed by atoms with Gasteiger partial charge in [0.05, 0.1) is 23.8 Å². The second-order valence-electron chi connectivity index (χ2n) is 6.50. The summed E-state index contributed by atoms with van der Waals surface area (Å²) in [6.07, 6.45) is 5.83. The lowest BCUT2D eigenvalue weighted by Crippen LogP contribution is -2.32. The van der Waals surface area contributed by atoms with E-state index in [1.54, 1.807) is 30.3 Å². The Hall–Kier alpha value is -3.15. The van der Waals surface area contributed by atoms with Crippen molar-refractivity contribution in [3.63, 3.8) is 0 Å². The zero-order valence-electron chi connectivity index (χ0n) is 14.1. The summed E-state index contributed by atoms with van der Waals surface area (Å²) in [4.78, 5) is 39.2. The lowest BCUT2D eigenvalue weighted by atomic mass is 9.78. The van der Waals surface area contributed by atoms with Crippen LogP contribution in [0.4, 0.5) is 5.69 Å². The normalized spacial score (nSPS) is 24.7. The van der Waals surface area contributed by atoms with E-state index < -0.39 is 5.97 Å². The summed E-state index contributed by atoms with van der Waals surface area (Å²) in [6.45, 7) is 1.94. The first kappa shape index (κ1) is 16.3. The molecule has 6 heteroatoms. The fraction of sp³-hybridized carbons (Fsp3) is 0.250. The third-order valence-electron chi connectivity index (χ3n) is 4.90. The number of amides is 2. The lowest BCUT2D eigenvalue weighted by molar-refractivity contribution is -0.122. The summed E-state index contributed by atoms with van der Waals surface area (Å²) in [5, 5.41) is 0. The molecule has 1 aliphatic heterocycles. The van der Waals surface area contributed by atoms with Crippen LogP contribution in [-0.4, -0.2) is 17.8 Å². The van der Waals surface area contributed by atoms with Gasteiger partial charge in [-0.05, 0) is 36.6 Å². The van der Waals surface area contributed by atoms with Gasteiger partial charge in [-0.15, -0.1) is 0 Å². The smallest absolute Gasteiger partial charge is 0.379 e. The Morgan fingerprint density at radius 3 is 2.69 bits per heavy atom. The van der Waals surface area contributed by atoms with Crippen LogP contribution in [0.1, 0.15) is 23.9 Å². The first-order chi connectivity index (χ1) is 12.6. The minimum atomic E-state index is -0.686. The van der Waals surface area contributed by atoms with Crippen molar-refractivity contribution in [3.05, 3.63) is 60.6 Å². The molecule has 0 bridgehead atoms. The Bertz CT molecular complexity index is 899. The minimum absolute atomic E-state index is 0.00645. The van der Waals surface area contributed by atoms with E-state index in [0.717, 1.165) is 4.90 Å². The van der Waals surface area contributed by atoms with E-state index in [2.05, 4.69) is 0 Å². The number of hydrogen-bond acceptors (Lipinski definition) is 5. The predicted molar refractivity (Wildman–Crippen MR) is 92.5 cm³/mol. The monoisotopic (exact) mass is 351 g/mol. The largest absolute Gasteiger partial charge is 0.457 e. The van der Waals surface area contributed by atoms with E-state index in [9.17, 15) is 14.4 Å². The molecule has 1 aromatic heterocycles. The molecule has 0 radical (unpaired) electrons. The lowest BCUT2D eigenvalue weighted by Gasteiger charge is -2.22. The SMILES string of the molecule is C[C@@H]1C=CC[C@H]2C(=O)N(c3ccccc3OC(=O)c3ccco3)C(=O)[C@@H]12. The maximum Gasteiger partial charge on any atom is 0.379 e. The van der Waals surface area contributed by atoms with Gasteiger partial charge in [-0.25, -0.2) is 9.69 Å². The number of esters is 1. The first-order valence-electron chi connectivity index (χ1n) is 8.47. The van der Waals surface area contributed by atoms with E-state index >= 15 is 0 Å². The van der Waals surface area contributed by atoms with Crippen molar-refractivity contribution in [2.24, 2.45) is 17.8 Å². The zero-order valence-corrected chi connectivity index (χ0v) is 14.1. The van der Waals surface area contributed by atoms with Crippen molar-refractivity contribution in [3.8, 4) is 5.75 Å². The number of fused-ring (bicyclic) bond motifs is 1. The first-order valence-corrected chi connectivity index (χ1v) is 8.47. The number of nitrogens with zero attached hydrogens (tertiary/aromatic N) is 1. The van der Waals surface area contributed by atoms with Gasteiger partial charge in [0.15, 0.2) is 5.75 Å². The highest BCUT2D eigenvalue weighted by atomic mass is 16.5. The Morgan fingerprint density at radius 2 is 1.96 bits per heavy atom. The molecule has 0 saturated carbocycles. The summed E-state index contributed by atoms with van der Waals surface area (Å²) >= 11 is 0. The van der Waals surface area contributed by atoms with Crippen molar-refractivity contribution in [2.75, 3.05) is 4.90 Å². The van der Waals surface area contributed by atoms with Crippen LogP contribution in [0.2, 0.25) is 0 Å². The van der Waals surface area contributed by atoms with E-state index in [-0.39, 0.29) is 46.8 Å². The average Bonchev–Trinajstić information content (AvgIpc) is 3.25. The number of allylic oxidation sites excluding steroid dienone is 2. The third kappa shape index (κ3) is 2.54. The quantitative estimate of drug-likeness (QED) is 0.367. The molecular weight excluding hydrogens is 334 g/mol. The molecule has 4 rings (SSSR count). The summed E-state index contributed by atoms with van der Waals surface area (Å²) in [7, 11) is 0. The highest BCUT2D eigenvalue weighted by Crippen LogP contribution is 2.42. The molecule has 0 unspecified atom stereocenters. The van der Waals surface area contributed by atoms with E-state index in [0.29, 0.717) is 6.42 Å². The molecule has 0 N–H and O–H groups in total. The van der Waals surface area contributed by atoms with Crippen LogP contribution in [0, 0.1) is 17.8 Å². The molecular formula is C20H17NO5. The van der Waals surface area contributed by atoms with E-state index in [4.69, 9.17) is 9.15 Å². The number of ether oxygens (including phenoxy) is 1. The fourth-order valence-electron chi connectivity index (χ4n) is 3.66. The highest BCUT2D eigenvalue weighted by Gasteiger charge is 2.51. The van der Waals surface area contributed by atoms with Gasteiger partial charge in [0.25, 0.3) is 0 Å². The third-order valence-corrected chi connectivity index (χ3v) is 4.90. The predicted octanol–water partition coefficient (Wildman–Crippen LogP) is 3.20. The van der Waals surface area contributed by atoms with Gasteiger partial charge in [0, 0.05) is 0 Å². The number of carbonyl (C=O) groups excluding carboxylic acids is 3. The van der Waals surface area contributed by atoms with Crippen molar-refractivity contribution in [1.82, 2.24) is 0 Å². The summed E-state index contributed by atoms with van der Waals surface area (Å²) in [6, 6.07) is 9.60. The van der Waals surface area contributed by atoms with Crippen LogP contribution in [0.15, 0.2) is 59.2 Å². The molecule has 2 amide bonds. The van der Waals surface area contributed by atoms with Gasteiger partial charge >= 0.3 is 5.97 Å². The van der Waals surface area contributed by atoms with Gasteiger partial charge in [-0.2, -0.15) is 0 Å².